The van der Waals surface area contributed by atoms with Gasteiger partial charge in [-0.2, -0.15) is 0 Å². The lowest BCUT2D eigenvalue weighted by molar-refractivity contribution is -0.146. The number of rotatable bonds is 16. The number of carbonyl (C=O) groups is 2. The number of ether oxygens (including phenoxy) is 3. The number of aliphatic hydroxyl groups is 1. The number of nitrogens with zero attached hydrogens (tertiary/aromatic N) is 4. The van der Waals surface area contributed by atoms with Crippen LogP contribution in [-0.2, 0) is 46.1 Å². The zero-order chi connectivity index (χ0) is 32.5. The van der Waals surface area contributed by atoms with E-state index < -0.39 is 44.2 Å². The molecule has 15 nitrogen and oxygen atoms in total. The number of benzene rings is 2. The number of nitrogens with one attached hydrogen (secondary N) is 2. The van der Waals surface area contributed by atoms with Gasteiger partial charge in [-0.25, -0.2) is 25.1 Å². The molecule has 0 radical (unpaired) electrons. The van der Waals surface area contributed by atoms with E-state index in [1.165, 1.54) is 24.1 Å². The molecule has 4 aromatic rings. The Morgan fingerprint density at radius 1 is 1.11 bits per heavy atom. The Morgan fingerprint density at radius 2 is 1.80 bits per heavy atom. The predicted molar refractivity (Wildman–Crippen MR) is 166 cm³/mol. The first kappa shape index (κ1) is 33.3. The molecule has 0 aliphatic carbocycles. The second kappa shape index (κ2) is 15.5. The Bertz CT molecular complexity index is 1640. The highest BCUT2D eigenvalue weighted by molar-refractivity contribution is 7.54. The summed E-state index contributed by atoms with van der Waals surface area (Å²) in [5.41, 5.74) is 8.29. The largest absolute Gasteiger partial charge is 0.460 e. The van der Waals surface area contributed by atoms with Crippen molar-refractivity contribution in [1.29, 1.82) is 0 Å². The van der Waals surface area contributed by atoms with Crippen molar-refractivity contribution in [3.8, 4) is 0 Å². The van der Waals surface area contributed by atoms with Crippen LogP contribution in [0.4, 0.5) is 5.82 Å². The van der Waals surface area contributed by atoms with Crippen LogP contribution in [0, 0.1) is 0 Å². The van der Waals surface area contributed by atoms with Crippen molar-refractivity contribution in [3.63, 3.8) is 0 Å². The van der Waals surface area contributed by atoms with Crippen LogP contribution in [0.25, 0.3) is 11.2 Å². The van der Waals surface area contributed by atoms with Crippen LogP contribution in [0.1, 0.15) is 30.7 Å². The number of carbonyl (C=O) groups excluding carboxylic acids is 2. The number of aliphatic hydroxyl groups excluding tert-OH is 1. The molecule has 244 valence electrons. The molecule has 0 spiro atoms. The van der Waals surface area contributed by atoms with Crippen molar-refractivity contribution in [2.75, 3.05) is 18.9 Å². The molecule has 1 fully saturated rings. The molecule has 3 heterocycles. The smallest absolute Gasteiger partial charge is 0.342 e. The topological polar surface area (TPSA) is 202 Å². The normalized spacial score (nSPS) is 20.6. The number of fused-ring (bicyclic) bond motifs is 1. The third-order valence-electron chi connectivity index (χ3n) is 7.12. The van der Waals surface area contributed by atoms with E-state index in [1.807, 2.05) is 60.7 Å². The van der Waals surface area contributed by atoms with E-state index in [1.54, 1.807) is 0 Å². The van der Waals surface area contributed by atoms with Gasteiger partial charge in [0.05, 0.1) is 38.3 Å². The fourth-order valence-corrected chi connectivity index (χ4v) is 6.60. The van der Waals surface area contributed by atoms with Crippen LogP contribution in [0.3, 0.4) is 0 Å². The lowest BCUT2D eigenvalue weighted by atomic mass is 10.2. The van der Waals surface area contributed by atoms with Crippen LogP contribution in [0.15, 0.2) is 73.3 Å². The van der Waals surface area contributed by atoms with E-state index in [4.69, 9.17) is 24.5 Å². The molecule has 0 saturated carbocycles. The standard InChI is InChI=1S/C30H36N7O8P/c1-20(30(40)43-15-22-10-6-3-7-11-22)35-46(41,36-23(13-38)16-42-14-21-8-4-2-5-9-21)44-17-24-12-25(39)29(45-24)37-19-34-26-27(31)32-18-33-28(26)37/h2-11,13,18-20,23-25,29,39H,12,14-17H2,1H3,(H2,31,32,33)(H2,35,36,41). The summed E-state index contributed by atoms with van der Waals surface area (Å²) >= 11 is 0. The lowest BCUT2D eigenvalue weighted by Crippen LogP contribution is -2.42. The number of nitrogens with two attached hydrogens (primary N) is 1. The van der Waals surface area contributed by atoms with Crippen LogP contribution >= 0.6 is 7.67 Å². The first-order chi connectivity index (χ1) is 22.2. The lowest BCUT2D eigenvalue weighted by Gasteiger charge is -2.27. The maximum Gasteiger partial charge on any atom is 0.342 e. The average Bonchev–Trinajstić information content (AvgIpc) is 3.66. The number of aromatic nitrogens is 4. The molecule has 0 bridgehead atoms. The van der Waals surface area contributed by atoms with E-state index in [0.29, 0.717) is 17.5 Å². The monoisotopic (exact) mass is 653 g/mol. The second-order valence-corrected chi connectivity index (χ2v) is 12.6. The van der Waals surface area contributed by atoms with Gasteiger partial charge < -0.3 is 34.4 Å². The van der Waals surface area contributed by atoms with E-state index >= 15 is 0 Å². The van der Waals surface area contributed by atoms with Gasteiger partial charge in [-0.15, -0.1) is 0 Å². The summed E-state index contributed by atoms with van der Waals surface area (Å²) in [6, 6.07) is 16.3. The average molecular weight is 654 g/mol. The molecular formula is C30H36N7O8P. The molecule has 5 rings (SSSR count). The summed E-state index contributed by atoms with van der Waals surface area (Å²) in [5, 5.41) is 16.2. The summed E-state index contributed by atoms with van der Waals surface area (Å²) in [6.45, 7) is 1.32. The zero-order valence-corrected chi connectivity index (χ0v) is 25.9. The number of aldehydes is 1. The van der Waals surface area contributed by atoms with Crippen molar-refractivity contribution in [1.82, 2.24) is 29.7 Å². The zero-order valence-electron chi connectivity index (χ0n) is 25.0. The Balaban J connectivity index is 1.24. The molecule has 1 aliphatic rings. The summed E-state index contributed by atoms with van der Waals surface area (Å²) in [5.74, 6) is -0.499. The third kappa shape index (κ3) is 8.59. The second-order valence-electron chi connectivity index (χ2n) is 10.7. The summed E-state index contributed by atoms with van der Waals surface area (Å²) in [7, 11) is -4.14. The van der Waals surface area contributed by atoms with Gasteiger partial charge in [0.15, 0.2) is 17.7 Å². The van der Waals surface area contributed by atoms with Gasteiger partial charge >= 0.3 is 13.6 Å². The quantitative estimate of drug-likeness (QED) is 0.0779. The highest BCUT2D eigenvalue weighted by atomic mass is 31.2. The van der Waals surface area contributed by atoms with E-state index in [2.05, 4.69) is 25.1 Å². The summed E-state index contributed by atoms with van der Waals surface area (Å²) < 4.78 is 38.6. The van der Waals surface area contributed by atoms with Gasteiger partial charge in [0, 0.05) is 6.42 Å². The fourth-order valence-electron chi connectivity index (χ4n) is 4.81. The molecule has 6 atom stereocenters. The number of anilines is 1. The summed E-state index contributed by atoms with van der Waals surface area (Å²) in [6.07, 6.45) is 0.801. The SMILES string of the molecule is CC(NP(=O)(NC(C=O)COCc1ccccc1)OCC1CC(O)C(n2cnc3c(N)ncnc32)O1)C(=O)OCc1ccccc1. The van der Waals surface area contributed by atoms with Gasteiger partial charge in [-0.05, 0) is 18.1 Å². The van der Waals surface area contributed by atoms with Crippen LogP contribution in [-0.4, -0.2) is 74.4 Å². The molecule has 6 unspecified atom stereocenters. The highest BCUT2D eigenvalue weighted by Crippen LogP contribution is 2.41. The first-order valence-electron chi connectivity index (χ1n) is 14.6. The van der Waals surface area contributed by atoms with Crippen molar-refractivity contribution >= 4 is 36.9 Å². The number of hydrogen-bond acceptors (Lipinski definition) is 12. The maximum atomic E-state index is 14.1. The van der Waals surface area contributed by atoms with Gasteiger partial charge in [0.2, 0.25) is 0 Å². The maximum absolute atomic E-state index is 14.1. The summed E-state index contributed by atoms with van der Waals surface area (Å²) in [4.78, 5) is 37.1. The van der Waals surface area contributed by atoms with Gasteiger partial charge in [0.1, 0.15) is 36.9 Å². The number of nitrogen functional groups attached to an aromatic ring is 1. The Labute approximate surface area is 265 Å². The van der Waals surface area contributed by atoms with E-state index in [9.17, 15) is 19.3 Å². The van der Waals surface area contributed by atoms with Crippen molar-refractivity contribution < 1.29 is 38.0 Å². The van der Waals surface area contributed by atoms with Crippen molar-refractivity contribution in [3.05, 3.63) is 84.4 Å². The molecule has 2 aromatic carbocycles. The Kier molecular flexibility index (Phi) is 11.2. The molecule has 2 aromatic heterocycles. The highest BCUT2D eigenvalue weighted by Gasteiger charge is 2.39. The molecular weight excluding hydrogens is 617 g/mol. The molecule has 1 aliphatic heterocycles. The van der Waals surface area contributed by atoms with Gasteiger partial charge in [0.25, 0.3) is 0 Å². The molecule has 5 N–H and O–H groups in total. The van der Waals surface area contributed by atoms with Crippen molar-refractivity contribution in [2.24, 2.45) is 0 Å². The minimum absolute atomic E-state index is 0.0171. The molecule has 46 heavy (non-hydrogen) atoms. The first-order valence-corrected chi connectivity index (χ1v) is 16.2. The van der Waals surface area contributed by atoms with Crippen molar-refractivity contribution in [2.45, 2.75) is 57.1 Å². The fraction of sp³-hybridized carbons (Fsp3) is 0.367. The Hall–Kier alpha value is -4.08. The molecule has 16 heteroatoms. The van der Waals surface area contributed by atoms with Crippen LogP contribution < -0.4 is 15.9 Å². The van der Waals surface area contributed by atoms with E-state index in [-0.39, 0.29) is 38.7 Å². The van der Waals surface area contributed by atoms with Gasteiger partial charge in [-0.1, -0.05) is 60.7 Å². The number of esters is 1. The predicted octanol–water partition coefficient (Wildman–Crippen LogP) is 2.28. The van der Waals surface area contributed by atoms with Crippen LogP contribution in [0.5, 0.6) is 0 Å². The van der Waals surface area contributed by atoms with Gasteiger partial charge in [-0.3, -0.25) is 13.9 Å². The van der Waals surface area contributed by atoms with Crippen LogP contribution in [0.2, 0.25) is 0 Å². The number of imidazole rings is 1. The Morgan fingerprint density at radius 3 is 2.50 bits per heavy atom. The van der Waals surface area contributed by atoms with E-state index in [0.717, 1.165) is 11.1 Å². The molecule has 0 amide bonds. The third-order valence-corrected chi connectivity index (χ3v) is 9.03. The minimum atomic E-state index is -4.14. The number of hydrogen-bond donors (Lipinski definition) is 4. The molecule has 1 saturated heterocycles. The minimum Gasteiger partial charge on any atom is -0.460 e.